The highest BCUT2D eigenvalue weighted by molar-refractivity contribution is 6.05. The van der Waals surface area contributed by atoms with Gasteiger partial charge in [-0.15, -0.1) is 0 Å². The number of nitrogens with one attached hydrogen (secondary N) is 1. The zero-order valence-electron chi connectivity index (χ0n) is 14.2. The number of nitro benzene ring substituents is 1. The summed E-state index contributed by atoms with van der Waals surface area (Å²) in [6, 6.07) is 5.50. The summed E-state index contributed by atoms with van der Waals surface area (Å²) >= 11 is 0. The van der Waals surface area contributed by atoms with E-state index in [0.717, 1.165) is 31.4 Å². The van der Waals surface area contributed by atoms with Gasteiger partial charge in [-0.1, -0.05) is 0 Å². The van der Waals surface area contributed by atoms with E-state index in [9.17, 15) is 28.1 Å². The predicted molar refractivity (Wildman–Crippen MR) is 93.4 cm³/mol. The predicted octanol–water partition coefficient (Wildman–Crippen LogP) is 4.25. The SMILES string of the molecule is O=C(Nc1ccc(F)c(F)c1F)c1ccc(N2CCCCC2)c([N+](=O)[O-])c1. The van der Waals surface area contributed by atoms with Gasteiger partial charge in [-0.2, -0.15) is 0 Å². The summed E-state index contributed by atoms with van der Waals surface area (Å²) in [4.78, 5) is 25.0. The summed E-state index contributed by atoms with van der Waals surface area (Å²) in [5, 5.41) is 13.5. The first-order valence-electron chi connectivity index (χ1n) is 8.36. The Bertz CT molecular complexity index is 899. The summed E-state index contributed by atoms with van der Waals surface area (Å²) in [6.45, 7) is 1.37. The van der Waals surface area contributed by atoms with E-state index < -0.39 is 34.0 Å². The number of carbonyl (C=O) groups is 1. The van der Waals surface area contributed by atoms with E-state index >= 15 is 0 Å². The first-order chi connectivity index (χ1) is 12.9. The highest BCUT2D eigenvalue weighted by Crippen LogP contribution is 2.31. The molecule has 2 aromatic carbocycles. The zero-order chi connectivity index (χ0) is 19.6. The minimum Gasteiger partial charge on any atom is -0.366 e. The molecule has 2 aromatic rings. The van der Waals surface area contributed by atoms with Crippen molar-refractivity contribution >= 4 is 23.0 Å². The van der Waals surface area contributed by atoms with Gasteiger partial charge >= 0.3 is 0 Å². The van der Waals surface area contributed by atoms with E-state index in [1.165, 1.54) is 12.1 Å². The van der Waals surface area contributed by atoms with Crippen LogP contribution in [0.3, 0.4) is 0 Å². The van der Waals surface area contributed by atoms with Crippen LogP contribution in [0.25, 0.3) is 0 Å². The molecule has 0 aliphatic carbocycles. The highest BCUT2D eigenvalue weighted by Gasteiger charge is 2.24. The second-order valence-electron chi connectivity index (χ2n) is 6.19. The Morgan fingerprint density at radius 3 is 2.41 bits per heavy atom. The Hall–Kier alpha value is -3.10. The van der Waals surface area contributed by atoms with Gasteiger partial charge in [0.1, 0.15) is 5.69 Å². The number of carbonyl (C=O) groups excluding carboxylic acids is 1. The van der Waals surface area contributed by atoms with Crippen LogP contribution in [0.2, 0.25) is 0 Å². The van der Waals surface area contributed by atoms with E-state index in [0.29, 0.717) is 24.8 Å². The minimum atomic E-state index is -1.71. The Morgan fingerprint density at radius 2 is 1.74 bits per heavy atom. The molecule has 0 unspecified atom stereocenters. The molecule has 0 bridgehead atoms. The van der Waals surface area contributed by atoms with E-state index in [-0.39, 0.29) is 11.3 Å². The molecule has 1 aliphatic heterocycles. The van der Waals surface area contributed by atoms with Crippen LogP contribution >= 0.6 is 0 Å². The lowest BCUT2D eigenvalue weighted by molar-refractivity contribution is -0.384. The Morgan fingerprint density at radius 1 is 1.04 bits per heavy atom. The third-order valence-corrected chi connectivity index (χ3v) is 4.41. The van der Waals surface area contributed by atoms with Crippen molar-refractivity contribution in [2.45, 2.75) is 19.3 Å². The highest BCUT2D eigenvalue weighted by atomic mass is 19.2. The maximum Gasteiger partial charge on any atom is 0.293 e. The molecule has 1 fully saturated rings. The molecule has 9 heteroatoms. The van der Waals surface area contributed by atoms with Crippen LogP contribution in [0.5, 0.6) is 0 Å². The smallest absolute Gasteiger partial charge is 0.293 e. The molecule has 3 rings (SSSR count). The van der Waals surface area contributed by atoms with Crippen molar-refractivity contribution in [2.24, 2.45) is 0 Å². The molecule has 0 atom stereocenters. The summed E-state index contributed by atoms with van der Waals surface area (Å²) < 4.78 is 40.0. The van der Waals surface area contributed by atoms with Gasteiger partial charge in [0.15, 0.2) is 17.5 Å². The van der Waals surface area contributed by atoms with Crippen LogP contribution < -0.4 is 10.2 Å². The average molecular weight is 379 g/mol. The molecule has 0 radical (unpaired) electrons. The van der Waals surface area contributed by atoms with Crippen molar-refractivity contribution in [3.05, 3.63) is 63.5 Å². The van der Waals surface area contributed by atoms with Crippen molar-refractivity contribution in [2.75, 3.05) is 23.3 Å². The fourth-order valence-electron chi connectivity index (χ4n) is 3.03. The van der Waals surface area contributed by atoms with Gasteiger partial charge in [0.05, 0.1) is 10.6 Å². The van der Waals surface area contributed by atoms with Gasteiger partial charge in [0, 0.05) is 24.7 Å². The number of benzene rings is 2. The lowest BCUT2D eigenvalue weighted by Gasteiger charge is -2.28. The molecule has 142 valence electrons. The van der Waals surface area contributed by atoms with Crippen molar-refractivity contribution in [1.29, 1.82) is 0 Å². The number of amides is 1. The first-order valence-corrected chi connectivity index (χ1v) is 8.36. The maximum absolute atomic E-state index is 13.7. The first kappa shape index (κ1) is 18.7. The fraction of sp³-hybridized carbons (Fsp3) is 0.278. The molecule has 0 spiro atoms. The molecular weight excluding hydrogens is 363 g/mol. The third-order valence-electron chi connectivity index (χ3n) is 4.41. The monoisotopic (exact) mass is 379 g/mol. The van der Waals surface area contributed by atoms with Gasteiger partial charge in [0.2, 0.25) is 0 Å². The van der Waals surface area contributed by atoms with Crippen molar-refractivity contribution in [3.8, 4) is 0 Å². The second-order valence-corrected chi connectivity index (χ2v) is 6.19. The summed E-state index contributed by atoms with van der Waals surface area (Å²) in [5.41, 5.74) is -0.473. The minimum absolute atomic E-state index is 0.0911. The van der Waals surface area contributed by atoms with Crippen molar-refractivity contribution in [3.63, 3.8) is 0 Å². The molecule has 0 saturated carbocycles. The van der Waals surface area contributed by atoms with E-state index in [1.54, 1.807) is 0 Å². The average Bonchev–Trinajstić information content (AvgIpc) is 2.68. The zero-order valence-corrected chi connectivity index (χ0v) is 14.2. The number of nitro groups is 1. The third kappa shape index (κ3) is 3.86. The van der Waals surface area contributed by atoms with Crippen LogP contribution in [-0.4, -0.2) is 23.9 Å². The van der Waals surface area contributed by atoms with Crippen molar-refractivity contribution < 1.29 is 22.9 Å². The molecule has 27 heavy (non-hydrogen) atoms. The molecule has 0 aromatic heterocycles. The molecule has 1 heterocycles. The largest absolute Gasteiger partial charge is 0.366 e. The molecule has 1 amide bonds. The maximum atomic E-state index is 13.7. The molecule has 1 saturated heterocycles. The molecular formula is C18H16F3N3O3. The molecule has 1 N–H and O–H groups in total. The number of hydrogen-bond donors (Lipinski definition) is 1. The van der Waals surface area contributed by atoms with Crippen LogP contribution in [0, 0.1) is 27.6 Å². The lowest BCUT2D eigenvalue weighted by Crippen LogP contribution is -2.30. The quantitative estimate of drug-likeness (QED) is 0.489. The number of halogens is 3. The molecule has 1 aliphatic rings. The fourth-order valence-corrected chi connectivity index (χ4v) is 3.03. The van der Waals surface area contributed by atoms with Gasteiger partial charge in [-0.3, -0.25) is 14.9 Å². The Kier molecular flexibility index (Phi) is 5.29. The summed E-state index contributed by atoms with van der Waals surface area (Å²) in [5.74, 6) is -5.50. The van der Waals surface area contributed by atoms with Crippen molar-refractivity contribution in [1.82, 2.24) is 0 Å². The number of anilines is 2. The van der Waals surface area contributed by atoms with Gasteiger partial charge < -0.3 is 10.2 Å². The van der Waals surface area contributed by atoms with Gasteiger partial charge in [-0.25, -0.2) is 13.2 Å². The number of nitrogens with zero attached hydrogens (tertiary/aromatic N) is 2. The number of rotatable bonds is 4. The normalized spacial score (nSPS) is 14.1. The van der Waals surface area contributed by atoms with Crippen LogP contribution in [0.15, 0.2) is 30.3 Å². The lowest BCUT2D eigenvalue weighted by atomic mass is 10.1. The number of hydrogen-bond acceptors (Lipinski definition) is 4. The van der Waals surface area contributed by atoms with Gasteiger partial charge in [-0.05, 0) is 43.5 Å². The standard InChI is InChI=1S/C18H16F3N3O3/c19-12-5-6-13(17(21)16(12)20)22-18(25)11-4-7-14(15(10-11)24(26)27)23-8-2-1-3-9-23/h4-7,10H,1-3,8-9H2,(H,22,25). The summed E-state index contributed by atoms with van der Waals surface area (Å²) in [7, 11) is 0. The van der Waals surface area contributed by atoms with E-state index in [1.807, 2.05) is 4.90 Å². The van der Waals surface area contributed by atoms with Crippen LogP contribution in [-0.2, 0) is 0 Å². The van der Waals surface area contributed by atoms with E-state index in [2.05, 4.69) is 5.32 Å². The topological polar surface area (TPSA) is 75.5 Å². The van der Waals surface area contributed by atoms with Crippen LogP contribution in [0.4, 0.5) is 30.2 Å². The summed E-state index contributed by atoms with van der Waals surface area (Å²) in [6.07, 6.45) is 2.91. The number of piperidine rings is 1. The van der Waals surface area contributed by atoms with E-state index in [4.69, 9.17) is 0 Å². The van der Waals surface area contributed by atoms with Crippen LogP contribution in [0.1, 0.15) is 29.6 Å². The Balaban J connectivity index is 1.88. The second kappa shape index (κ2) is 7.65. The van der Waals surface area contributed by atoms with Gasteiger partial charge in [0.25, 0.3) is 11.6 Å². The molecule has 6 nitrogen and oxygen atoms in total. The Labute approximate surface area is 152 Å².